The zero-order valence-corrected chi connectivity index (χ0v) is 20.7. The van der Waals surface area contributed by atoms with Crippen LogP contribution in [0.25, 0.3) is 11.5 Å². The van der Waals surface area contributed by atoms with Gasteiger partial charge in [-0.05, 0) is 46.6 Å². The van der Waals surface area contributed by atoms with Crippen molar-refractivity contribution in [3.63, 3.8) is 0 Å². The van der Waals surface area contributed by atoms with Gasteiger partial charge in [0, 0.05) is 31.2 Å². The standard InChI is InChI=1S/C20H27ClN8O3S/c1-12(2)32-16(17-22-10-14(21)11-23-17)13(3)33(30,31)27-19-25-24-18(15-6-9-28(5)26-15)29(19)20(4)7-8-20/h6,9-13,16H,7-8H2,1-5H3,(H,25,27). The van der Waals surface area contributed by atoms with Crippen molar-refractivity contribution in [3.8, 4) is 11.5 Å². The number of aromatic nitrogens is 7. The lowest BCUT2D eigenvalue weighted by molar-refractivity contribution is 0.00154. The fraction of sp³-hybridized carbons (Fsp3) is 0.550. The molecule has 2 atom stereocenters. The Morgan fingerprint density at radius 3 is 2.39 bits per heavy atom. The highest BCUT2D eigenvalue weighted by molar-refractivity contribution is 7.93. The van der Waals surface area contributed by atoms with Gasteiger partial charge in [0.25, 0.3) is 0 Å². The molecule has 1 aliphatic rings. The largest absolute Gasteiger partial charge is 0.366 e. The first-order chi connectivity index (χ1) is 15.5. The quantitative estimate of drug-likeness (QED) is 0.480. The minimum absolute atomic E-state index is 0.142. The highest BCUT2D eigenvalue weighted by Crippen LogP contribution is 2.47. The number of aryl methyl sites for hydroxylation is 1. The van der Waals surface area contributed by atoms with Crippen LogP contribution in [0.1, 0.15) is 52.5 Å². The van der Waals surface area contributed by atoms with Crippen molar-refractivity contribution in [2.24, 2.45) is 7.05 Å². The van der Waals surface area contributed by atoms with Crippen LogP contribution in [0.4, 0.5) is 5.95 Å². The van der Waals surface area contributed by atoms with Gasteiger partial charge < -0.3 is 4.74 Å². The maximum absolute atomic E-state index is 13.4. The van der Waals surface area contributed by atoms with Gasteiger partial charge in [-0.1, -0.05) is 11.6 Å². The van der Waals surface area contributed by atoms with Gasteiger partial charge in [0.15, 0.2) is 11.6 Å². The molecular formula is C20H27ClN8O3S. The number of anilines is 1. The van der Waals surface area contributed by atoms with Gasteiger partial charge in [-0.15, -0.1) is 10.2 Å². The summed E-state index contributed by atoms with van der Waals surface area (Å²) in [4.78, 5) is 8.36. The van der Waals surface area contributed by atoms with Crippen molar-refractivity contribution < 1.29 is 13.2 Å². The summed E-state index contributed by atoms with van der Waals surface area (Å²) in [5.41, 5.74) is 0.331. The van der Waals surface area contributed by atoms with Gasteiger partial charge in [0.2, 0.25) is 16.0 Å². The molecule has 1 fully saturated rings. The van der Waals surface area contributed by atoms with Crippen molar-refractivity contribution in [1.82, 2.24) is 34.5 Å². The van der Waals surface area contributed by atoms with Crippen LogP contribution < -0.4 is 4.72 Å². The van der Waals surface area contributed by atoms with Crippen LogP contribution in [0.15, 0.2) is 24.7 Å². The third-order valence-electron chi connectivity index (χ3n) is 5.58. The number of ether oxygens (including phenoxy) is 1. The molecular weight excluding hydrogens is 468 g/mol. The second-order valence-corrected chi connectivity index (χ2v) is 11.2. The van der Waals surface area contributed by atoms with Crippen LogP contribution in [0, 0.1) is 0 Å². The van der Waals surface area contributed by atoms with E-state index in [9.17, 15) is 8.42 Å². The highest BCUT2D eigenvalue weighted by atomic mass is 35.5. The summed E-state index contributed by atoms with van der Waals surface area (Å²) in [7, 11) is -2.16. The molecule has 3 aromatic heterocycles. The van der Waals surface area contributed by atoms with E-state index in [-0.39, 0.29) is 23.4 Å². The zero-order valence-electron chi connectivity index (χ0n) is 19.1. The smallest absolute Gasteiger partial charge is 0.240 e. The number of nitrogens with one attached hydrogen (secondary N) is 1. The van der Waals surface area contributed by atoms with Crippen molar-refractivity contribution in [2.75, 3.05) is 4.72 Å². The van der Waals surface area contributed by atoms with Gasteiger partial charge in [0.05, 0.1) is 11.1 Å². The number of halogens is 1. The van der Waals surface area contributed by atoms with Crippen LogP contribution in [0.2, 0.25) is 5.02 Å². The van der Waals surface area contributed by atoms with Gasteiger partial charge in [-0.2, -0.15) is 5.10 Å². The summed E-state index contributed by atoms with van der Waals surface area (Å²) in [5.74, 6) is 0.885. The Bertz CT molecular complexity index is 1230. The van der Waals surface area contributed by atoms with E-state index in [1.807, 2.05) is 38.5 Å². The van der Waals surface area contributed by atoms with Crippen molar-refractivity contribution in [3.05, 3.63) is 35.5 Å². The summed E-state index contributed by atoms with van der Waals surface area (Å²) >= 11 is 5.90. The Morgan fingerprint density at radius 1 is 1.18 bits per heavy atom. The number of hydrogen-bond donors (Lipinski definition) is 1. The SMILES string of the molecule is CC(C)OC(c1ncc(Cl)cn1)C(C)S(=O)(=O)Nc1nnc(-c2ccn(C)n2)n1C1(C)CC1. The fourth-order valence-corrected chi connectivity index (χ4v) is 4.67. The molecule has 0 spiro atoms. The summed E-state index contributed by atoms with van der Waals surface area (Å²) in [6.07, 6.45) is 5.23. The normalized spacial score (nSPS) is 17.2. The van der Waals surface area contributed by atoms with E-state index < -0.39 is 21.4 Å². The number of rotatable bonds is 9. The summed E-state index contributed by atoms with van der Waals surface area (Å²) in [6, 6.07) is 1.82. The van der Waals surface area contributed by atoms with E-state index in [1.165, 1.54) is 12.4 Å². The maximum Gasteiger partial charge on any atom is 0.240 e. The third kappa shape index (κ3) is 4.87. The van der Waals surface area contributed by atoms with E-state index in [2.05, 4.69) is 30.0 Å². The monoisotopic (exact) mass is 494 g/mol. The lowest BCUT2D eigenvalue weighted by Crippen LogP contribution is -2.35. The molecule has 0 aromatic carbocycles. The Morgan fingerprint density at radius 2 is 1.85 bits per heavy atom. The average Bonchev–Trinajstić information content (AvgIpc) is 3.13. The van der Waals surface area contributed by atoms with Crippen LogP contribution in [0.5, 0.6) is 0 Å². The molecule has 0 amide bonds. The Kier molecular flexibility index (Phi) is 6.18. The van der Waals surface area contributed by atoms with Crippen molar-refractivity contribution in [1.29, 1.82) is 0 Å². The fourth-order valence-electron chi connectivity index (χ4n) is 3.49. The third-order valence-corrected chi connectivity index (χ3v) is 7.47. The molecule has 2 unspecified atom stereocenters. The summed E-state index contributed by atoms with van der Waals surface area (Å²) < 4.78 is 38.9. The van der Waals surface area contributed by atoms with Gasteiger partial charge in [-0.25, -0.2) is 18.4 Å². The Hall–Kier alpha value is -2.57. The van der Waals surface area contributed by atoms with Crippen LogP contribution in [-0.2, 0) is 27.3 Å². The zero-order chi connectivity index (χ0) is 24.0. The van der Waals surface area contributed by atoms with Gasteiger partial charge in [0.1, 0.15) is 17.0 Å². The number of nitrogens with zero attached hydrogens (tertiary/aromatic N) is 7. The lowest BCUT2D eigenvalue weighted by Gasteiger charge is -2.26. The molecule has 3 aromatic rings. The van der Waals surface area contributed by atoms with Gasteiger partial charge in [-0.3, -0.25) is 14.0 Å². The van der Waals surface area contributed by atoms with E-state index in [0.717, 1.165) is 12.8 Å². The molecule has 1 saturated carbocycles. The molecule has 4 rings (SSSR count). The number of hydrogen-bond acceptors (Lipinski definition) is 8. The predicted molar refractivity (Wildman–Crippen MR) is 123 cm³/mol. The second kappa shape index (κ2) is 8.65. The van der Waals surface area contributed by atoms with E-state index >= 15 is 0 Å². The Labute approximate surface area is 197 Å². The molecule has 1 aliphatic carbocycles. The van der Waals surface area contributed by atoms with Crippen LogP contribution >= 0.6 is 11.6 Å². The number of sulfonamides is 1. The molecule has 3 heterocycles. The summed E-state index contributed by atoms with van der Waals surface area (Å²) in [6.45, 7) is 7.22. The lowest BCUT2D eigenvalue weighted by atomic mass is 10.2. The molecule has 0 aliphatic heterocycles. The first kappa shape index (κ1) is 23.6. The highest BCUT2D eigenvalue weighted by Gasteiger charge is 2.45. The van der Waals surface area contributed by atoms with E-state index in [4.69, 9.17) is 16.3 Å². The predicted octanol–water partition coefficient (Wildman–Crippen LogP) is 2.93. The van der Waals surface area contributed by atoms with Crippen molar-refractivity contribution in [2.45, 2.75) is 63.5 Å². The van der Waals surface area contributed by atoms with E-state index in [0.29, 0.717) is 16.5 Å². The van der Waals surface area contributed by atoms with Crippen molar-refractivity contribution >= 4 is 27.6 Å². The average molecular weight is 495 g/mol. The van der Waals surface area contributed by atoms with Gasteiger partial charge >= 0.3 is 0 Å². The second-order valence-electron chi connectivity index (χ2n) is 8.77. The van der Waals surface area contributed by atoms with E-state index in [1.54, 1.807) is 17.8 Å². The molecule has 0 radical (unpaired) electrons. The molecule has 13 heteroatoms. The minimum atomic E-state index is -3.97. The van der Waals surface area contributed by atoms with Crippen LogP contribution in [-0.4, -0.2) is 54.3 Å². The summed E-state index contributed by atoms with van der Waals surface area (Å²) in [5, 5.41) is 12.1. The minimum Gasteiger partial charge on any atom is -0.366 e. The van der Waals surface area contributed by atoms with Crippen LogP contribution in [0.3, 0.4) is 0 Å². The first-order valence-electron chi connectivity index (χ1n) is 10.6. The molecule has 178 valence electrons. The first-order valence-corrected chi connectivity index (χ1v) is 12.5. The topological polar surface area (TPSA) is 130 Å². The maximum atomic E-state index is 13.4. The molecule has 0 saturated heterocycles. The Balaban J connectivity index is 1.67. The molecule has 33 heavy (non-hydrogen) atoms. The molecule has 11 nitrogen and oxygen atoms in total. The molecule has 0 bridgehead atoms. The molecule has 1 N–H and O–H groups in total.